The van der Waals surface area contributed by atoms with Crippen molar-refractivity contribution in [3.63, 3.8) is 0 Å². The average molecular weight is 222 g/mol. The molecule has 0 aromatic rings. The summed E-state index contributed by atoms with van der Waals surface area (Å²) in [7, 11) is 2.19. The van der Waals surface area contributed by atoms with Gasteiger partial charge in [-0.2, -0.15) is 0 Å². The fourth-order valence-electron chi connectivity index (χ4n) is 1.44. The van der Waals surface area contributed by atoms with E-state index in [2.05, 4.69) is 0 Å². The van der Waals surface area contributed by atoms with Crippen molar-refractivity contribution in [2.75, 3.05) is 32.3 Å². The van der Waals surface area contributed by atoms with E-state index < -0.39 is 10.8 Å². The Labute approximate surface area is 87.4 Å². The first kappa shape index (κ1) is 12.1. The minimum Gasteiger partial charge on any atom is -0.377 e. The standard InChI is InChI=1S/C9H18O4S/c1-11-9(12-2)7-14(10)6-8-4-3-5-13-8/h8-9H,3-7H2,1-2H3. The molecule has 1 aliphatic rings. The van der Waals surface area contributed by atoms with Gasteiger partial charge in [-0.25, -0.2) is 0 Å². The quantitative estimate of drug-likeness (QED) is 0.615. The maximum Gasteiger partial charge on any atom is 0.168 e. The summed E-state index contributed by atoms with van der Waals surface area (Å²) in [4.78, 5) is 0. The Balaban J connectivity index is 2.20. The van der Waals surface area contributed by atoms with Gasteiger partial charge in [0.05, 0.1) is 11.9 Å². The minimum atomic E-state index is -0.915. The molecular formula is C9H18O4S. The minimum absolute atomic E-state index is 0.171. The first-order valence-corrected chi connectivity index (χ1v) is 6.27. The average Bonchev–Trinajstić information content (AvgIpc) is 2.66. The highest BCUT2D eigenvalue weighted by atomic mass is 32.2. The topological polar surface area (TPSA) is 44.8 Å². The Morgan fingerprint density at radius 2 is 2.21 bits per heavy atom. The Hall–Kier alpha value is 0.0300. The molecule has 0 radical (unpaired) electrons. The van der Waals surface area contributed by atoms with Crippen LogP contribution >= 0.6 is 0 Å². The lowest BCUT2D eigenvalue weighted by Gasteiger charge is -2.14. The Kier molecular flexibility index (Phi) is 5.62. The van der Waals surface area contributed by atoms with Crippen molar-refractivity contribution >= 4 is 10.8 Å². The molecular weight excluding hydrogens is 204 g/mol. The molecule has 4 nitrogen and oxygen atoms in total. The first-order chi connectivity index (χ1) is 6.76. The van der Waals surface area contributed by atoms with E-state index in [4.69, 9.17) is 14.2 Å². The molecule has 1 fully saturated rings. The Morgan fingerprint density at radius 1 is 1.50 bits per heavy atom. The molecule has 0 spiro atoms. The number of rotatable bonds is 6. The van der Waals surface area contributed by atoms with Crippen LogP contribution in [-0.4, -0.2) is 48.9 Å². The van der Waals surface area contributed by atoms with Gasteiger partial charge in [-0.3, -0.25) is 4.21 Å². The normalized spacial score (nSPS) is 24.4. The predicted octanol–water partition coefficient (Wildman–Crippen LogP) is 0.533. The van der Waals surface area contributed by atoms with Gasteiger partial charge in [0.25, 0.3) is 0 Å². The second-order valence-electron chi connectivity index (χ2n) is 3.31. The van der Waals surface area contributed by atoms with Crippen molar-refractivity contribution in [1.29, 1.82) is 0 Å². The molecule has 0 saturated carbocycles. The molecule has 84 valence electrons. The lowest BCUT2D eigenvalue weighted by atomic mass is 10.3. The van der Waals surface area contributed by atoms with Crippen LogP contribution in [0.2, 0.25) is 0 Å². The maximum absolute atomic E-state index is 11.6. The van der Waals surface area contributed by atoms with E-state index >= 15 is 0 Å². The van der Waals surface area contributed by atoms with E-state index in [1.165, 1.54) is 0 Å². The third kappa shape index (κ3) is 4.04. The van der Waals surface area contributed by atoms with Gasteiger partial charge in [0, 0.05) is 37.4 Å². The molecule has 0 N–H and O–H groups in total. The fourth-order valence-corrected chi connectivity index (χ4v) is 2.82. The van der Waals surface area contributed by atoms with E-state index in [1.807, 2.05) is 0 Å². The molecule has 5 heteroatoms. The zero-order valence-corrected chi connectivity index (χ0v) is 9.55. The van der Waals surface area contributed by atoms with Crippen LogP contribution < -0.4 is 0 Å². The summed E-state index contributed by atoms with van der Waals surface area (Å²) in [6.45, 7) is 0.805. The molecule has 0 aromatic heterocycles. The van der Waals surface area contributed by atoms with Crippen LogP contribution in [0, 0.1) is 0 Å². The van der Waals surface area contributed by atoms with Crippen LogP contribution in [0.4, 0.5) is 0 Å². The zero-order chi connectivity index (χ0) is 10.4. The van der Waals surface area contributed by atoms with Crippen molar-refractivity contribution in [2.45, 2.75) is 25.2 Å². The van der Waals surface area contributed by atoms with Crippen LogP contribution in [0.5, 0.6) is 0 Å². The monoisotopic (exact) mass is 222 g/mol. The van der Waals surface area contributed by atoms with E-state index in [0.717, 1.165) is 19.4 Å². The number of hydrogen-bond acceptors (Lipinski definition) is 4. The summed E-state index contributed by atoms with van der Waals surface area (Å²) in [5.74, 6) is 1.02. The molecule has 1 aliphatic heterocycles. The van der Waals surface area contributed by atoms with E-state index in [1.54, 1.807) is 14.2 Å². The van der Waals surface area contributed by atoms with Gasteiger partial charge in [0.15, 0.2) is 6.29 Å². The Bertz CT molecular complexity index is 170. The molecule has 14 heavy (non-hydrogen) atoms. The largest absolute Gasteiger partial charge is 0.377 e. The molecule has 1 heterocycles. The van der Waals surface area contributed by atoms with E-state index in [0.29, 0.717) is 11.5 Å². The highest BCUT2D eigenvalue weighted by Crippen LogP contribution is 2.13. The first-order valence-electron chi connectivity index (χ1n) is 4.78. The lowest BCUT2D eigenvalue weighted by molar-refractivity contribution is -0.0847. The van der Waals surface area contributed by atoms with Crippen LogP contribution in [0.3, 0.4) is 0 Å². The molecule has 1 saturated heterocycles. The summed E-state index contributed by atoms with van der Waals surface area (Å²) in [5.41, 5.74) is 0. The SMILES string of the molecule is COC(CS(=O)CC1CCCO1)OC. The molecule has 0 aliphatic carbocycles. The van der Waals surface area contributed by atoms with E-state index in [-0.39, 0.29) is 12.4 Å². The molecule has 2 unspecified atom stereocenters. The molecule has 0 aromatic carbocycles. The summed E-state index contributed by atoms with van der Waals surface area (Å²) in [6, 6.07) is 0. The predicted molar refractivity (Wildman–Crippen MR) is 54.7 cm³/mol. The van der Waals surface area contributed by atoms with Crippen molar-refractivity contribution in [3.05, 3.63) is 0 Å². The highest BCUT2D eigenvalue weighted by Gasteiger charge is 2.20. The number of hydrogen-bond donors (Lipinski definition) is 0. The van der Waals surface area contributed by atoms with Crippen LogP contribution in [0.15, 0.2) is 0 Å². The van der Waals surface area contributed by atoms with Gasteiger partial charge in [0.2, 0.25) is 0 Å². The van der Waals surface area contributed by atoms with Crippen molar-refractivity contribution < 1.29 is 18.4 Å². The van der Waals surface area contributed by atoms with E-state index in [9.17, 15) is 4.21 Å². The second-order valence-corrected chi connectivity index (χ2v) is 4.86. The summed E-state index contributed by atoms with van der Waals surface area (Å²) < 4.78 is 27.0. The fraction of sp³-hybridized carbons (Fsp3) is 1.00. The third-order valence-corrected chi connectivity index (χ3v) is 3.63. The number of ether oxygens (including phenoxy) is 3. The smallest absolute Gasteiger partial charge is 0.168 e. The van der Waals surface area contributed by atoms with Gasteiger partial charge in [-0.1, -0.05) is 0 Å². The van der Waals surface area contributed by atoms with Gasteiger partial charge >= 0.3 is 0 Å². The third-order valence-electron chi connectivity index (χ3n) is 2.24. The zero-order valence-electron chi connectivity index (χ0n) is 8.73. The van der Waals surface area contributed by atoms with Crippen molar-refractivity contribution in [1.82, 2.24) is 0 Å². The molecule has 2 atom stereocenters. The van der Waals surface area contributed by atoms with Gasteiger partial charge in [0.1, 0.15) is 0 Å². The second kappa shape index (κ2) is 6.50. The van der Waals surface area contributed by atoms with Gasteiger partial charge in [-0.05, 0) is 12.8 Å². The Morgan fingerprint density at radius 3 is 2.71 bits per heavy atom. The lowest BCUT2D eigenvalue weighted by Crippen LogP contribution is -2.26. The van der Waals surface area contributed by atoms with Gasteiger partial charge < -0.3 is 14.2 Å². The molecule has 0 amide bonds. The maximum atomic E-state index is 11.6. The summed E-state index contributed by atoms with van der Waals surface area (Å²) >= 11 is 0. The number of methoxy groups -OCH3 is 2. The summed E-state index contributed by atoms with van der Waals surface area (Å²) in [5, 5.41) is 0. The van der Waals surface area contributed by atoms with Crippen molar-refractivity contribution in [2.24, 2.45) is 0 Å². The van der Waals surface area contributed by atoms with Crippen molar-refractivity contribution in [3.8, 4) is 0 Å². The van der Waals surface area contributed by atoms with Gasteiger partial charge in [-0.15, -0.1) is 0 Å². The van der Waals surface area contributed by atoms with Crippen LogP contribution in [0.25, 0.3) is 0 Å². The molecule has 0 bridgehead atoms. The van der Waals surface area contributed by atoms with Crippen LogP contribution in [-0.2, 0) is 25.0 Å². The summed E-state index contributed by atoms with van der Waals surface area (Å²) in [6.07, 6.45) is 1.92. The highest BCUT2D eigenvalue weighted by molar-refractivity contribution is 7.85. The van der Waals surface area contributed by atoms with Crippen LogP contribution in [0.1, 0.15) is 12.8 Å². The molecule has 1 rings (SSSR count).